The number of carbonyl (C=O) groups is 1. The summed E-state index contributed by atoms with van der Waals surface area (Å²) in [5.74, 6) is -0.741. The standard InChI is InChI=1S/C8H9NO3.2ClH/c1-12-8(11)6-3-2-5(9)4-7(6)10;;/h2-4,10H,9H2,1H3;2*1H. The van der Waals surface area contributed by atoms with Gasteiger partial charge in [-0.25, -0.2) is 4.79 Å². The van der Waals surface area contributed by atoms with Gasteiger partial charge < -0.3 is 15.6 Å². The van der Waals surface area contributed by atoms with Gasteiger partial charge in [0.05, 0.1) is 7.11 Å². The first kappa shape index (κ1) is 15.3. The molecule has 1 aromatic carbocycles. The molecule has 0 fully saturated rings. The Hall–Kier alpha value is -1.13. The van der Waals surface area contributed by atoms with Gasteiger partial charge in [-0.15, -0.1) is 24.8 Å². The molecule has 0 unspecified atom stereocenters. The van der Waals surface area contributed by atoms with Crippen molar-refractivity contribution in [1.82, 2.24) is 0 Å². The molecule has 0 radical (unpaired) electrons. The van der Waals surface area contributed by atoms with Gasteiger partial charge in [0.15, 0.2) is 0 Å². The van der Waals surface area contributed by atoms with Crippen molar-refractivity contribution in [2.75, 3.05) is 12.8 Å². The molecule has 0 saturated heterocycles. The number of rotatable bonds is 1. The number of anilines is 1. The lowest BCUT2D eigenvalue weighted by molar-refractivity contribution is 0.0597. The summed E-state index contributed by atoms with van der Waals surface area (Å²) in [6.07, 6.45) is 0. The second-order valence-corrected chi connectivity index (χ2v) is 2.27. The second kappa shape index (κ2) is 6.34. The molecule has 0 saturated carbocycles. The van der Waals surface area contributed by atoms with Crippen molar-refractivity contribution in [3.05, 3.63) is 23.8 Å². The lowest BCUT2D eigenvalue weighted by Crippen LogP contribution is -2.01. The highest BCUT2D eigenvalue weighted by atomic mass is 35.5. The number of aromatic hydroxyl groups is 1. The molecule has 0 bridgehead atoms. The molecule has 3 N–H and O–H groups in total. The van der Waals surface area contributed by atoms with Gasteiger partial charge in [0.2, 0.25) is 0 Å². The number of halogens is 2. The first-order valence-electron chi connectivity index (χ1n) is 3.32. The van der Waals surface area contributed by atoms with E-state index in [1.807, 2.05) is 0 Å². The van der Waals surface area contributed by atoms with E-state index in [2.05, 4.69) is 4.74 Å². The number of esters is 1. The largest absolute Gasteiger partial charge is 0.507 e. The SMILES string of the molecule is COC(=O)c1ccc(N)cc1O.Cl.Cl. The molecular formula is C8H11Cl2NO3. The number of benzene rings is 1. The zero-order valence-corrected chi connectivity index (χ0v) is 9.02. The minimum Gasteiger partial charge on any atom is -0.507 e. The van der Waals surface area contributed by atoms with E-state index in [0.717, 1.165) is 0 Å². The van der Waals surface area contributed by atoms with Crippen LogP contribution < -0.4 is 5.73 Å². The van der Waals surface area contributed by atoms with Gasteiger partial charge in [-0.3, -0.25) is 0 Å². The van der Waals surface area contributed by atoms with E-state index in [0.29, 0.717) is 5.69 Å². The zero-order valence-electron chi connectivity index (χ0n) is 7.39. The topological polar surface area (TPSA) is 72.5 Å². The molecule has 14 heavy (non-hydrogen) atoms. The maximum atomic E-state index is 10.9. The number of phenolic OH excluding ortho intramolecular Hbond substituents is 1. The number of phenols is 1. The van der Waals surface area contributed by atoms with Crippen LogP contribution in [0.15, 0.2) is 18.2 Å². The Morgan fingerprint density at radius 3 is 2.43 bits per heavy atom. The molecule has 4 nitrogen and oxygen atoms in total. The summed E-state index contributed by atoms with van der Waals surface area (Å²) in [7, 11) is 1.25. The first-order valence-corrected chi connectivity index (χ1v) is 3.32. The van der Waals surface area contributed by atoms with Crippen molar-refractivity contribution in [2.24, 2.45) is 0 Å². The molecule has 0 aliphatic carbocycles. The Bertz CT molecular complexity index is 317. The number of nitrogen functional groups attached to an aromatic ring is 1. The first-order chi connectivity index (χ1) is 5.65. The van der Waals surface area contributed by atoms with E-state index < -0.39 is 5.97 Å². The van der Waals surface area contributed by atoms with E-state index in [9.17, 15) is 9.90 Å². The summed E-state index contributed by atoms with van der Waals surface area (Å²) < 4.78 is 4.42. The summed E-state index contributed by atoms with van der Waals surface area (Å²) in [5.41, 5.74) is 5.88. The van der Waals surface area contributed by atoms with Crippen LogP contribution in [0.25, 0.3) is 0 Å². The molecule has 0 aliphatic rings. The average Bonchev–Trinajstić information content (AvgIpc) is 2.03. The lowest BCUT2D eigenvalue weighted by atomic mass is 10.2. The quantitative estimate of drug-likeness (QED) is 0.577. The third-order valence-corrected chi connectivity index (χ3v) is 1.43. The van der Waals surface area contributed by atoms with Gasteiger partial charge in [0.25, 0.3) is 0 Å². The van der Waals surface area contributed by atoms with Crippen LogP contribution in [0.1, 0.15) is 10.4 Å². The molecule has 0 atom stereocenters. The summed E-state index contributed by atoms with van der Waals surface area (Å²) in [6, 6.07) is 4.23. The van der Waals surface area contributed by atoms with Gasteiger partial charge >= 0.3 is 5.97 Å². The van der Waals surface area contributed by atoms with Crippen molar-refractivity contribution < 1.29 is 14.6 Å². The summed E-state index contributed by atoms with van der Waals surface area (Å²) in [6.45, 7) is 0. The van der Waals surface area contributed by atoms with Crippen molar-refractivity contribution in [3.63, 3.8) is 0 Å². The summed E-state index contributed by atoms with van der Waals surface area (Å²) >= 11 is 0. The van der Waals surface area contributed by atoms with Gasteiger partial charge in [0, 0.05) is 11.8 Å². The van der Waals surface area contributed by atoms with E-state index in [1.54, 1.807) is 0 Å². The number of hydrogen-bond donors (Lipinski definition) is 2. The van der Waals surface area contributed by atoms with Crippen LogP contribution in [0.3, 0.4) is 0 Å². The van der Waals surface area contributed by atoms with Crippen molar-refractivity contribution in [1.29, 1.82) is 0 Å². The van der Waals surface area contributed by atoms with Crippen LogP contribution in [-0.2, 0) is 4.74 Å². The predicted octanol–water partition coefficient (Wildman–Crippen LogP) is 1.60. The van der Waals surface area contributed by atoms with Crippen LogP contribution in [0.4, 0.5) is 5.69 Å². The van der Waals surface area contributed by atoms with E-state index in [1.165, 1.54) is 25.3 Å². The molecule has 0 aromatic heterocycles. The predicted molar refractivity (Wildman–Crippen MR) is 58.4 cm³/mol. The number of ether oxygens (including phenoxy) is 1. The normalized spacial score (nSPS) is 8.07. The maximum Gasteiger partial charge on any atom is 0.341 e. The van der Waals surface area contributed by atoms with Crippen LogP contribution in [0.2, 0.25) is 0 Å². The fourth-order valence-corrected chi connectivity index (χ4v) is 0.831. The molecule has 80 valence electrons. The Kier molecular flexibility index (Phi) is 6.95. The van der Waals surface area contributed by atoms with Crippen molar-refractivity contribution in [2.45, 2.75) is 0 Å². The lowest BCUT2D eigenvalue weighted by Gasteiger charge is -2.02. The summed E-state index contributed by atoms with van der Waals surface area (Å²) in [5, 5.41) is 9.21. The number of methoxy groups -OCH3 is 1. The fourth-order valence-electron chi connectivity index (χ4n) is 0.831. The van der Waals surface area contributed by atoms with Crippen LogP contribution in [0.5, 0.6) is 5.75 Å². The molecular weight excluding hydrogens is 229 g/mol. The van der Waals surface area contributed by atoms with Crippen molar-refractivity contribution >= 4 is 36.5 Å². The highest BCUT2D eigenvalue weighted by Gasteiger charge is 2.10. The minimum absolute atomic E-state index is 0. The highest BCUT2D eigenvalue weighted by molar-refractivity contribution is 5.92. The van der Waals surface area contributed by atoms with Gasteiger partial charge in [0.1, 0.15) is 11.3 Å². The van der Waals surface area contributed by atoms with E-state index >= 15 is 0 Å². The third kappa shape index (κ3) is 3.32. The molecule has 0 heterocycles. The second-order valence-electron chi connectivity index (χ2n) is 2.27. The smallest absolute Gasteiger partial charge is 0.341 e. The molecule has 1 rings (SSSR count). The minimum atomic E-state index is -0.576. The third-order valence-electron chi connectivity index (χ3n) is 1.43. The Morgan fingerprint density at radius 2 is 2.00 bits per heavy atom. The zero-order chi connectivity index (χ0) is 9.14. The van der Waals surface area contributed by atoms with Crippen LogP contribution >= 0.6 is 24.8 Å². The Morgan fingerprint density at radius 1 is 1.43 bits per heavy atom. The Labute approximate surface area is 93.9 Å². The number of nitrogens with two attached hydrogens (primary N) is 1. The number of hydrogen-bond acceptors (Lipinski definition) is 4. The van der Waals surface area contributed by atoms with Crippen molar-refractivity contribution in [3.8, 4) is 5.75 Å². The molecule has 0 aliphatic heterocycles. The van der Waals surface area contributed by atoms with Crippen LogP contribution in [0, 0.1) is 0 Å². The van der Waals surface area contributed by atoms with Gasteiger partial charge in [-0.05, 0) is 12.1 Å². The number of carbonyl (C=O) groups excluding carboxylic acids is 1. The maximum absolute atomic E-state index is 10.9. The monoisotopic (exact) mass is 239 g/mol. The van der Waals surface area contributed by atoms with E-state index in [4.69, 9.17) is 5.73 Å². The fraction of sp³-hybridized carbons (Fsp3) is 0.125. The molecule has 6 heteroatoms. The average molecular weight is 240 g/mol. The highest BCUT2D eigenvalue weighted by Crippen LogP contribution is 2.20. The summed E-state index contributed by atoms with van der Waals surface area (Å²) in [4.78, 5) is 10.9. The van der Waals surface area contributed by atoms with E-state index in [-0.39, 0.29) is 36.1 Å². The molecule has 0 spiro atoms. The Balaban J connectivity index is 0. The molecule has 0 amide bonds. The van der Waals surface area contributed by atoms with Gasteiger partial charge in [-0.2, -0.15) is 0 Å². The molecule has 1 aromatic rings. The van der Waals surface area contributed by atoms with Crippen LogP contribution in [-0.4, -0.2) is 18.2 Å². The van der Waals surface area contributed by atoms with Gasteiger partial charge in [-0.1, -0.05) is 0 Å².